The van der Waals surface area contributed by atoms with Crippen molar-refractivity contribution in [1.82, 2.24) is 4.90 Å². The van der Waals surface area contributed by atoms with Gasteiger partial charge in [-0.3, -0.25) is 4.90 Å². The van der Waals surface area contributed by atoms with E-state index in [0.717, 1.165) is 49.5 Å². The standard InChI is InChI=1S/C20H26NO4.C2H6.Rb/c1-19-13-16(25-14-22)7-8-20(19,9-10-21(19)2)12-15-5-6-17(23-3)18(11-15)24-4;1-2;/h5-6,11,13H,7-10,12H2,1-4H3;1-2H3;/q-1;;+1/t19-,20-;;/m0../s1. The Morgan fingerprint density at radius 1 is 1.14 bits per heavy atom. The van der Waals surface area contributed by atoms with Crippen molar-refractivity contribution in [3.8, 4) is 11.5 Å². The van der Waals surface area contributed by atoms with E-state index in [1.165, 1.54) is 5.56 Å². The molecule has 1 aromatic rings. The third kappa shape index (κ3) is 4.92. The van der Waals surface area contributed by atoms with Gasteiger partial charge < -0.3 is 19.0 Å². The summed E-state index contributed by atoms with van der Waals surface area (Å²) in [5.74, 6) is 2.24. The Labute approximate surface area is 218 Å². The molecule has 2 atom stereocenters. The smallest absolute Gasteiger partial charge is 0.614 e. The molecule has 0 saturated carbocycles. The topological polar surface area (TPSA) is 48.0 Å². The molecule has 150 valence electrons. The van der Waals surface area contributed by atoms with Gasteiger partial charge in [0.15, 0.2) is 18.0 Å². The third-order valence-electron chi connectivity index (χ3n) is 6.25. The summed E-state index contributed by atoms with van der Waals surface area (Å²) < 4.78 is 15.9. The zero-order valence-corrected chi connectivity index (χ0v) is 23.3. The summed E-state index contributed by atoms with van der Waals surface area (Å²) in [7, 11) is 5.45. The first-order valence-corrected chi connectivity index (χ1v) is 9.66. The maximum absolute atomic E-state index is 10.6. The number of ether oxygens (including phenoxy) is 3. The van der Waals surface area contributed by atoms with Crippen LogP contribution in [0.15, 0.2) is 30.0 Å². The first kappa shape index (κ1) is 25.8. The van der Waals surface area contributed by atoms with Crippen LogP contribution in [0.1, 0.15) is 45.6 Å². The molecule has 0 radical (unpaired) electrons. The van der Waals surface area contributed by atoms with Crippen LogP contribution in [0.4, 0.5) is 0 Å². The van der Waals surface area contributed by atoms with Gasteiger partial charge in [-0.1, -0.05) is 38.5 Å². The minimum absolute atomic E-state index is 0. The van der Waals surface area contributed by atoms with Crippen molar-refractivity contribution in [3.63, 3.8) is 0 Å². The Balaban J connectivity index is 0.00000127. The Morgan fingerprint density at radius 2 is 1.82 bits per heavy atom. The summed E-state index contributed by atoms with van der Waals surface area (Å²) >= 11 is 0. The molecule has 1 aliphatic carbocycles. The number of nitrogens with zero attached hydrogens (tertiary/aromatic N) is 1. The number of rotatable bonds is 6. The summed E-state index contributed by atoms with van der Waals surface area (Å²) in [6, 6.07) is 6.15. The van der Waals surface area contributed by atoms with Crippen molar-refractivity contribution in [2.45, 2.75) is 52.0 Å². The molecule has 1 fully saturated rings. The average Bonchev–Trinajstić information content (AvgIpc) is 2.94. The van der Waals surface area contributed by atoms with Crippen molar-refractivity contribution in [2.75, 3.05) is 27.8 Å². The summed E-state index contributed by atoms with van der Waals surface area (Å²) in [5.41, 5.74) is 1.20. The van der Waals surface area contributed by atoms with Crippen LogP contribution in [-0.4, -0.2) is 44.7 Å². The molecule has 6 heteroatoms. The van der Waals surface area contributed by atoms with Gasteiger partial charge in [-0.15, -0.1) is 6.08 Å². The van der Waals surface area contributed by atoms with Crippen LogP contribution >= 0.6 is 0 Å². The monoisotopic (exact) mass is 459 g/mol. The van der Waals surface area contributed by atoms with E-state index in [4.69, 9.17) is 14.2 Å². The average molecular weight is 460 g/mol. The van der Waals surface area contributed by atoms with E-state index in [1.54, 1.807) is 20.7 Å². The summed E-state index contributed by atoms with van der Waals surface area (Å²) in [4.78, 5) is 13.0. The van der Waals surface area contributed by atoms with Crippen LogP contribution in [0, 0.1) is 5.41 Å². The van der Waals surface area contributed by atoms with Gasteiger partial charge in [0, 0.05) is 5.54 Å². The van der Waals surface area contributed by atoms with E-state index in [1.807, 2.05) is 19.9 Å². The SMILES string of the molecule is CC.COc1ccc(C[C@@]23CCC(O[C-]=O)=C[C@]2(C)N(C)CC3)cc1OC.[Rb+]. The minimum Gasteiger partial charge on any atom is -0.614 e. The van der Waals surface area contributed by atoms with Gasteiger partial charge in [0.1, 0.15) is 0 Å². The molecule has 1 saturated heterocycles. The molecule has 0 bridgehead atoms. The third-order valence-corrected chi connectivity index (χ3v) is 6.25. The molecule has 3 rings (SSSR count). The molecule has 5 nitrogen and oxygen atoms in total. The fourth-order valence-electron chi connectivity index (χ4n) is 4.53. The summed E-state index contributed by atoms with van der Waals surface area (Å²) in [5, 5.41) is 0. The normalized spacial score (nSPS) is 26.0. The number of likely N-dealkylation sites (N-methyl/N-ethyl adjacent to an activating group) is 1. The van der Waals surface area contributed by atoms with Crippen LogP contribution in [-0.2, 0) is 16.0 Å². The summed E-state index contributed by atoms with van der Waals surface area (Å²) in [6.45, 7) is 8.84. The predicted molar refractivity (Wildman–Crippen MR) is 107 cm³/mol. The number of likely N-dealkylation sites (tertiary alicyclic amines) is 1. The van der Waals surface area contributed by atoms with Gasteiger partial charge in [-0.25, -0.2) is 0 Å². The summed E-state index contributed by atoms with van der Waals surface area (Å²) in [6.07, 6.45) is 5.93. The number of benzene rings is 1. The van der Waals surface area contributed by atoms with Crippen molar-refractivity contribution >= 4 is 6.47 Å². The quantitative estimate of drug-likeness (QED) is 0.597. The van der Waals surface area contributed by atoms with Crippen LogP contribution in [0.25, 0.3) is 0 Å². The van der Waals surface area contributed by atoms with Crippen LogP contribution < -0.4 is 67.7 Å². The van der Waals surface area contributed by atoms with Gasteiger partial charge in [0.05, 0.1) is 14.2 Å². The largest absolute Gasteiger partial charge is 1.00 e. The van der Waals surface area contributed by atoms with E-state index in [-0.39, 0.29) is 69.1 Å². The number of methoxy groups -OCH3 is 2. The van der Waals surface area contributed by atoms with E-state index in [0.29, 0.717) is 0 Å². The predicted octanol–water partition coefficient (Wildman–Crippen LogP) is 1.12. The first-order valence-electron chi connectivity index (χ1n) is 9.66. The molecular weight excluding hydrogens is 428 g/mol. The van der Waals surface area contributed by atoms with Gasteiger partial charge in [0.25, 0.3) is 0 Å². The number of fused-ring (bicyclic) bond motifs is 1. The van der Waals surface area contributed by atoms with Crippen molar-refractivity contribution in [2.24, 2.45) is 5.41 Å². The Kier molecular flexibility index (Phi) is 10.4. The molecule has 0 spiro atoms. The van der Waals surface area contributed by atoms with Crippen molar-refractivity contribution in [1.29, 1.82) is 0 Å². The van der Waals surface area contributed by atoms with Gasteiger partial charge in [-0.05, 0) is 56.5 Å². The zero-order valence-electron chi connectivity index (χ0n) is 18.4. The molecule has 0 unspecified atom stereocenters. The van der Waals surface area contributed by atoms with Crippen LogP contribution in [0.3, 0.4) is 0 Å². The molecule has 0 N–H and O–H groups in total. The fourth-order valence-corrected chi connectivity index (χ4v) is 4.53. The van der Waals surface area contributed by atoms with E-state index in [2.05, 4.69) is 37.1 Å². The molecular formula is C22H32NO4Rb. The second kappa shape index (κ2) is 11.3. The molecule has 28 heavy (non-hydrogen) atoms. The number of allylic oxidation sites excluding steroid dienone is 1. The van der Waals surface area contributed by atoms with Crippen LogP contribution in [0.5, 0.6) is 11.5 Å². The van der Waals surface area contributed by atoms with Gasteiger partial charge >= 0.3 is 58.2 Å². The second-order valence-electron chi connectivity index (χ2n) is 7.26. The molecule has 2 aliphatic rings. The Morgan fingerprint density at radius 3 is 2.43 bits per heavy atom. The fraction of sp³-hybridized carbons (Fsp3) is 0.591. The molecule has 1 heterocycles. The van der Waals surface area contributed by atoms with Gasteiger partial charge in [0.2, 0.25) is 0 Å². The van der Waals surface area contributed by atoms with E-state index in [9.17, 15) is 4.79 Å². The van der Waals surface area contributed by atoms with Crippen molar-refractivity contribution in [3.05, 3.63) is 35.6 Å². The zero-order chi connectivity index (χ0) is 20.1. The maximum atomic E-state index is 10.6. The first-order chi connectivity index (χ1) is 13.0. The molecule has 1 aromatic carbocycles. The van der Waals surface area contributed by atoms with E-state index < -0.39 is 0 Å². The van der Waals surface area contributed by atoms with Crippen molar-refractivity contribution < 1.29 is 77.2 Å². The molecule has 1 aliphatic heterocycles. The second-order valence-corrected chi connectivity index (χ2v) is 7.26. The number of carbonyl (C=O) groups excluding carboxylic acids is 1. The number of hydrogen-bond donors (Lipinski definition) is 0. The Bertz CT molecular complexity index is 693. The molecule has 0 amide bonds. The van der Waals surface area contributed by atoms with Crippen LogP contribution in [0.2, 0.25) is 0 Å². The van der Waals surface area contributed by atoms with E-state index >= 15 is 0 Å². The van der Waals surface area contributed by atoms with Gasteiger partial charge in [-0.2, -0.15) is 0 Å². The maximum Gasteiger partial charge on any atom is 1.00 e. The number of hydrogen-bond acceptors (Lipinski definition) is 5. The Hall–Kier alpha value is -0.205. The molecule has 0 aromatic heterocycles. The minimum atomic E-state index is -0.148.